The van der Waals surface area contributed by atoms with Gasteiger partial charge in [-0.05, 0) is 12.1 Å². The summed E-state index contributed by atoms with van der Waals surface area (Å²) in [5, 5.41) is 12.5. The van der Waals surface area contributed by atoms with E-state index in [1.807, 2.05) is 17.5 Å². The summed E-state index contributed by atoms with van der Waals surface area (Å²) < 4.78 is 5.33. The van der Waals surface area contributed by atoms with E-state index in [1.54, 1.807) is 23.5 Å². The van der Waals surface area contributed by atoms with Crippen LogP contribution in [0.4, 0.5) is 5.13 Å². The Morgan fingerprint density at radius 1 is 1.28 bits per heavy atom. The van der Waals surface area contributed by atoms with Gasteiger partial charge in [-0.25, -0.2) is 4.98 Å². The summed E-state index contributed by atoms with van der Waals surface area (Å²) in [5.41, 5.74) is 1.86. The van der Waals surface area contributed by atoms with Crippen LogP contribution >= 0.6 is 11.3 Å². The Bertz CT molecular complexity index is 535. The number of anilines is 1. The first-order valence-electron chi connectivity index (χ1n) is 5.90. The number of rotatable bonds is 2. The van der Waals surface area contributed by atoms with E-state index in [9.17, 15) is 5.11 Å². The van der Waals surface area contributed by atoms with Crippen molar-refractivity contribution in [2.75, 3.05) is 31.2 Å². The number of benzene rings is 1. The number of phenolic OH excluding ortho intramolecular Hbond substituents is 1. The van der Waals surface area contributed by atoms with E-state index in [-0.39, 0.29) is 5.75 Å². The predicted molar refractivity (Wildman–Crippen MR) is 72.2 cm³/mol. The molecular formula is C13H14N2O2S. The lowest BCUT2D eigenvalue weighted by Crippen LogP contribution is -2.36. The van der Waals surface area contributed by atoms with E-state index in [1.165, 1.54) is 0 Å². The van der Waals surface area contributed by atoms with Crippen LogP contribution in [0.1, 0.15) is 0 Å². The van der Waals surface area contributed by atoms with Gasteiger partial charge in [0.1, 0.15) is 5.75 Å². The number of aromatic nitrogens is 1. The van der Waals surface area contributed by atoms with Crippen LogP contribution in [-0.2, 0) is 4.74 Å². The standard InChI is InChI=1S/C13H14N2O2S/c16-11-3-1-2-10(8-11)12-9-18-13(14-12)15-4-6-17-7-5-15/h1-3,8-9,16H,4-7H2. The Morgan fingerprint density at radius 3 is 2.89 bits per heavy atom. The summed E-state index contributed by atoms with van der Waals surface area (Å²) in [6.07, 6.45) is 0. The van der Waals surface area contributed by atoms with Crippen molar-refractivity contribution in [1.82, 2.24) is 4.98 Å². The zero-order valence-electron chi connectivity index (χ0n) is 9.87. The molecule has 2 aromatic rings. The molecule has 1 N–H and O–H groups in total. The highest BCUT2D eigenvalue weighted by Gasteiger charge is 2.15. The second-order valence-electron chi connectivity index (χ2n) is 4.17. The molecule has 0 bridgehead atoms. The van der Waals surface area contributed by atoms with Crippen LogP contribution in [0.15, 0.2) is 29.6 Å². The van der Waals surface area contributed by atoms with Gasteiger partial charge < -0.3 is 14.7 Å². The molecule has 1 aliphatic heterocycles. The molecule has 0 spiro atoms. The maximum absolute atomic E-state index is 9.48. The van der Waals surface area contributed by atoms with Crippen molar-refractivity contribution in [2.24, 2.45) is 0 Å². The average Bonchev–Trinajstić information content (AvgIpc) is 2.89. The summed E-state index contributed by atoms with van der Waals surface area (Å²) in [5.74, 6) is 0.272. The smallest absolute Gasteiger partial charge is 0.186 e. The van der Waals surface area contributed by atoms with Gasteiger partial charge in [0.05, 0.1) is 18.9 Å². The molecule has 0 radical (unpaired) electrons. The quantitative estimate of drug-likeness (QED) is 0.902. The van der Waals surface area contributed by atoms with E-state index in [2.05, 4.69) is 9.88 Å². The van der Waals surface area contributed by atoms with E-state index < -0.39 is 0 Å². The van der Waals surface area contributed by atoms with Crippen LogP contribution in [0.2, 0.25) is 0 Å². The lowest BCUT2D eigenvalue weighted by molar-refractivity contribution is 0.122. The summed E-state index contributed by atoms with van der Waals surface area (Å²) in [7, 11) is 0. The largest absolute Gasteiger partial charge is 0.508 e. The molecule has 0 atom stereocenters. The molecule has 0 aliphatic carbocycles. The highest BCUT2D eigenvalue weighted by molar-refractivity contribution is 7.14. The van der Waals surface area contributed by atoms with Gasteiger partial charge in [0.15, 0.2) is 5.13 Å². The fraction of sp³-hybridized carbons (Fsp3) is 0.308. The van der Waals surface area contributed by atoms with Crippen molar-refractivity contribution in [3.05, 3.63) is 29.6 Å². The molecule has 1 aromatic carbocycles. The van der Waals surface area contributed by atoms with Crippen LogP contribution in [0.3, 0.4) is 0 Å². The predicted octanol–water partition coefficient (Wildman–Crippen LogP) is 2.35. The van der Waals surface area contributed by atoms with E-state index in [0.29, 0.717) is 0 Å². The van der Waals surface area contributed by atoms with Crippen molar-refractivity contribution in [2.45, 2.75) is 0 Å². The normalized spacial score (nSPS) is 15.9. The number of phenols is 1. The topological polar surface area (TPSA) is 45.6 Å². The number of aromatic hydroxyl groups is 1. The van der Waals surface area contributed by atoms with Gasteiger partial charge in [0.25, 0.3) is 0 Å². The molecule has 4 nitrogen and oxygen atoms in total. The zero-order valence-corrected chi connectivity index (χ0v) is 10.7. The maximum atomic E-state index is 9.48. The summed E-state index contributed by atoms with van der Waals surface area (Å²) in [6.45, 7) is 3.32. The molecule has 0 unspecified atom stereocenters. The van der Waals surface area contributed by atoms with Gasteiger partial charge in [0, 0.05) is 24.0 Å². The number of morpholine rings is 1. The van der Waals surface area contributed by atoms with Gasteiger partial charge >= 0.3 is 0 Å². The molecular weight excluding hydrogens is 248 g/mol. The van der Waals surface area contributed by atoms with Gasteiger partial charge in [0.2, 0.25) is 0 Å². The van der Waals surface area contributed by atoms with Gasteiger partial charge in [-0.15, -0.1) is 11.3 Å². The molecule has 1 saturated heterocycles. The first kappa shape index (κ1) is 11.5. The highest BCUT2D eigenvalue weighted by atomic mass is 32.1. The third kappa shape index (κ3) is 2.32. The van der Waals surface area contributed by atoms with Crippen molar-refractivity contribution in [3.63, 3.8) is 0 Å². The van der Waals surface area contributed by atoms with Gasteiger partial charge in [-0.2, -0.15) is 0 Å². The number of nitrogens with zero attached hydrogens (tertiary/aromatic N) is 2. The Kier molecular flexibility index (Phi) is 3.17. The lowest BCUT2D eigenvalue weighted by Gasteiger charge is -2.26. The molecule has 1 fully saturated rings. The summed E-state index contributed by atoms with van der Waals surface area (Å²) in [4.78, 5) is 6.86. The Hall–Kier alpha value is -1.59. The Morgan fingerprint density at radius 2 is 2.11 bits per heavy atom. The first-order valence-corrected chi connectivity index (χ1v) is 6.78. The van der Waals surface area contributed by atoms with Crippen LogP contribution in [0, 0.1) is 0 Å². The molecule has 5 heteroatoms. The van der Waals surface area contributed by atoms with Gasteiger partial charge in [-0.1, -0.05) is 12.1 Å². The number of hydrogen-bond donors (Lipinski definition) is 1. The second kappa shape index (κ2) is 4.96. The zero-order chi connectivity index (χ0) is 12.4. The second-order valence-corrected chi connectivity index (χ2v) is 5.00. The third-order valence-electron chi connectivity index (χ3n) is 2.92. The Balaban J connectivity index is 1.84. The van der Waals surface area contributed by atoms with E-state index in [0.717, 1.165) is 42.7 Å². The summed E-state index contributed by atoms with van der Waals surface area (Å²) in [6, 6.07) is 7.19. The van der Waals surface area contributed by atoms with Crippen LogP contribution in [-0.4, -0.2) is 36.4 Å². The minimum atomic E-state index is 0.272. The maximum Gasteiger partial charge on any atom is 0.186 e. The molecule has 2 heterocycles. The molecule has 0 amide bonds. The van der Waals surface area contributed by atoms with Crippen LogP contribution in [0.25, 0.3) is 11.3 Å². The SMILES string of the molecule is Oc1cccc(-c2csc(N3CCOCC3)n2)c1. The molecule has 94 valence electrons. The Labute approximate surface area is 109 Å². The van der Waals surface area contributed by atoms with Crippen LogP contribution < -0.4 is 4.90 Å². The fourth-order valence-corrected chi connectivity index (χ4v) is 2.85. The molecule has 1 aromatic heterocycles. The monoisotopic (exact) mass is 262 g/mol. The molecule has 0 saturated carbocycles. The number of ether oxygens (including phenoxy) is 1. The van der Waals surface area contributed by atoms with Crippen molar-refractivity contribution < 1.29 is 9.84 Å². The average molecular weight is 262 g/mol. The van der Waals surface area contributed by atoms with Crippen molar-refractivity contribution in [1.29, 1.82) is 0 Å². The molecule has 3 rings (SSSR count). The minimum Gasteiger partial charge on any atom is -0.508 e. The van der Waals surface area contributed by atoms with Crippen molar-refractivity contribution in [3.8, 4) is 17.0 Å². The minimum absolute atomic E-state index is 0.272. The van der Waals surface area contributed by atoms with Crippen LogP contribution in [0.5, 0.6) is 5.75 Å². The molecule has 18 heavy (non-hydrogen) atoms. The number of thiazole rings is 1. The molecule has 1 aliphatic rings. The van der Waals surface area contributed by atoms with E-state index >= 15 is 0 Å². The van der Waals surface area contributed by atoms with Crippen molar-refractivity contribution >= 4 is 16.5 Å². The van der Waals surface area contributed by atoms with Gasteiger partial charge in [-0.3, -0.25) is 0 Å². The van der Waals surface area contributed by atoms with E-state index in [4.69, 9.17) is 4.74 Å². The third-order valence-corrected chi connectivity index (χ3v) is 3.82. The fourth-order valence-electron chi connectivity index (χ4n) is 1.96. The highest BCUT2D eigenvalue weighted by Crippen LogP contribution is 2.29. The first-order chi connectivity index (χ1) is 8.83. The lowest BCUT2D eigenvalue weighted by atomic mass is 10.2. The summed E-state index contributed by atoms with van der Waals surface area (Å²) >= 11 is 1.63. The number of hydrogen-bond acceptors (Lipinski definition) is 5.